The van der Waals surface area contributed by atoms with Crippen molar-refractivity contribution in [3.05, 3.63) is 23.0 Å². The molecule has 0 saturated carbocycles. The summed E-state index contributed by atoms with van der Waals surface area (Å²) in [6.07, 6.45) is 0.659. The first kappa shape index (κ1) is 14.9. The summed E-state index contributed by atoms with van der Waals surface area (Å²) in [4.78, 5) is 12.1. The van der Waals surface area contributed by atoms with Crippen molar-refractivity contribution >= 4 is 17.5 Å². The van der Waals surface area contributed by atoms with Gasteiger partial charge in [0.15, 0.2) is 0 Å². The molecule has 100 valence electrons. The van der Waals surface area contributed by atoms with E-state index >= 15 is 0 Å². The van der Waals surface area contributed by atoms with E-state index in [9.17, 15) is 4.79 Å². The van der Waals surface area contributed by atoms with Crippen LogP contribution in [0.2, 0.25) is 0 Å². The molecule has 1 aromatic heterocycles. The van der Waals surface area contributed by atoms with Crippen LogP contribution in [-0.4, -0.2) is 41.7 Å². The van der Waals surface area contributed by atoms with Crippen molar-refractivity contribution in [2.24, 2.45) is 0 Å². The minimum atomic E-state index is -0.206. The zero-order valence-corrected chi connectivity index (χ0v) is 11.6. The van der Waals surface area contributed by atoms with E-state index in [0.717, 1.165) is 0 Å². The van der Waals surface area contributed by atoms with Crippen LogP contribution in [0.4, 0.5) is 0 Å². The van der Waals surface area contributed by atoms with Crippen molar-refractivity contribution in [3.8, 4) is 0 Å². The lowest BCUT2D eigenvalue weighted by Crippen LogP contribution is -2.39. The second-order valence-electron chi connectivity index (χ2n) is 3.98. The molecule has 1 rings (SSSR count). The number of nitrogens with zero attached hydrogens (tertiary/aromatic N) is 2. The van der Waals surface area contributed by atoms with E-state index in [4.69, 9.17) is 16.3 Å². The van der Waals surface area contributed by atoms with Crippen LogP contribution in [0.3, 0.4) is 0 Å². The monoisotopic (exact) mass is 271 g/mol. The number of carbonyl (C=O) groups excluding carboxylic acids is 1. The number of alkyl halides is 1. The lowest BCUT2D eigenvalue weighted by Gasteiger charge is -2.16. The molecule has 0 aromatic carbocycles. The second kappa shape index (κ2) is 7.28. The van der Waals surface area contributed by atoms with E-state index in [-0.39, 0.29) is 11.9 Å². The van der Waals surface area contributed by atoms with Crippen molar-refractivity contribution in [2.45, 2.75) is 26.3 Å². The molecule has 0 radical (unpaired) electrons. The van der Waals surface area contributed by atoms with Gasteiger partial charge in [-0.2, -0.15) is 10.2 Å². The normalized spacial score (nSPS) is 12.2. The highest BCUT2D eigenvalue weighted by Gasteiger charge is 2.16. The maximum Gasteiger partial charge on any atom is 0.253 e. The van der Waals surface area contributed by atoms with Crippen molar-refractivity contribution in [2.75, 3.05) is 19.6 Å². The molecule has 0 spiro atoms. The van der Waals surface area contributed by atoms with Gasteiger partial charge in [0.2, 0.25) is 0 Å². The number of aromatic nitrogens is 2. The first-order valence-corrected chi connectivity index (χ1v) is 6.34. The predicted octanol–water partition coefficient (Wildman–Crippen LogP) is 1.33. The summed E-state index contributed by atoms with van der Waals surface area (Å²) in [7, 11) is 1.57. The van der Waals surface area contributed by atoms with E-state index in [0.29, 0.717) is 35.9 Å². The minimum Gasteiger partial charge on any atom is -0.383 e. The number of nitrogens with one attached hydrogen (secondary N) is 1. The molecule has 0 bridgehead atoms. The van der Waals surface area contributed by atoms with Crippen molar-refractivity contribution < 1.29 is 9.53 Å². The highest BCUT2D eigenvalue weighted by atomic mass is 35.5. The average molecular weight is 272 g/mol. The summed E-state index contributed by atoms with van der Waals surface area (Å²) in [5, 5.41) is 10.8. The van der Waals surface area contributed by atoms with Gasteiger partial charge in [-0.25, -0.2) is 0 Å². The Labute approximate surface area is 112 Å². The zero-order valence-electron chi connectivity index (χ0n) is 10.9. The SMILES string of the molecule is CCc1nnc(C)cc1C(=O)NC(CCl)COC. The molecule has 1 unspecified atom stereocenters. The number of amides is 1. The zero-order chi connectivity index (χ0) is 13.5. The van der Waals surface area contributed by atoms with Gasteiger partial charge in [-0.05, 0) is 19.4 Å². The average Bonchev–Trinajstić information content (AvgIpc) is 2.38. The highest BCUT2D eigenvalue weighted by Crippen LogP contribution is 2.08. The first-order valence-electron chi connectivity index (χ1n) is 5.81. The first-order chi connectivity index (χ1) is 8.62. The third-order valence-electron chi connectivity index (χ3n) is 2.46. The fourth-order valence-corrected chi connectivity index (χ4v) is 1.73. The second-order valence-corrected chi connectivity index (χ2v) is 4.29. The van der Waals surface area contributed by atoms with Gasteiger partial charge in [0.05, 0.1) is 29.6 Å². The van der Waals surface area contributed by atoms with Crippen LogP contribution in [0, 0.1) is 6.92 Å². The molecule has 1 atom stereocenters. The fourth-order valence-electron chi connectivity index (χ4n) is 1.56. The lowest BCUT2D eigenvalue weighted by molar-refractivity contribution is 0.0905. The summed E-state index contributed by atoms with van der Waals surface area (Å²) >= 11 is 5.76. The predicted molar refractivity (Wildman–Crippen MR) is 70.0 cm³/mol. The molecule has 1 N–H and O–H groups in total. The van der Waals surface area contributed by atoms with Crippen LogP contribution in [-0.2, 0) is 11.2 Å². The molecule has 0 aliphatic heterocycles. The van der Waals surface area contributed by atoms with Crippen LogP contribution >= 0.6 is 11.6 Å². The topological polar surface area (TPSA) is 64.1 Å². The number of hydrogen-bond donors (Lipinski definition) is 1. The van der Waals surface area contributed by atoms with Crippen LogP contribution < -0.4 is 5.32 Å². The summed E-state index contributed by atoms with van der Waals surface area (Å²) in [5.41, 5.74) is 1.95. The number of ether oxygens (including phenoxy) is 1. The molecule has 1 amide bonds. The largest absolute Gasteiger partial charge is 0.383 e. The number of aryl methyl sites for hydroxylation is 2. The maximum atomic E-state index is 12.1. The van der Waals surface area contributed by atoms with Gasteiger partial charge in [-0.3, -0.25) is 4.79 Å². The van der Waals surface area contributed by atoms with Crippen LogP contribution in [0.1, 0.15) is 28.7 Å². The summed E-state index contributed by atoms with van der Waals surface area (Å²) < 4.78 is 4.98. The van der Waals surface area contributed by atoms with Crippen LogP contribution in [0.25, 0.3) is 0 Å². The van der Waals surface area contributed by atoms with Crippen molar-refractivity contribution in [1.29, 1.82) is 0 Å². The third kappa shape index (κ3) is 3.92. The highest BCUT2D eigenvalue weighted by molar-refractivity contribution is 6.18. The van der Waals surface area contributed by atoms with E-state index in [1.165, 1.54) is 0 Å². The molecule has 5 nitrogen and oxygen atoms in total. The molecule has 1 heterocycles. The summed E-state index contributed by atoms with van der Waals surface area (Å²) in [6, 6.07) is 1.53. The molecule has 18 heavy (non-hydrogen) atoms. The van der Waals surface area contributed by atoms with Crippen molar-refractivity contribution in [3.63, 3.8) is 0 Å². The van der Waals surface area contributed by atoms with Gasteiger partial charge in [0.1, 0.15) is 0 Å². The van der Waals surface area contributed by atoms with E-state index in [1.54, 1.807) is 20.1 Å². The van der Waals surface area contributed by atoms with Gasteiger partial charge in [-0.15, -0.1) is 11.6 Å². The van der Waals surface area contributed by atoms with Crippen molar-refractivity contribution in [1.82, 2.24) is 15.5 Å². The number of halogens is 1. The third-order valence-corrected chi connectivity index (χ3v) is 2.83. The van der Waals surface area contributed by atoms with Gasteiger partial charge in [-0.1, -0.05) is 6.92 Å². The Morgan fingerprint density at radius 1 is 1.56 bits per heavy atom. The Balaban J connectivity index is 2.85. The Morgan fingerprint density at radius 2 is 2.28 bits per heavy atom. The molecular weight excluding hydrogens is 254 g/mol. The molecule has 6 heteroatoms. The number of methoxy groups -OCH3 is 1. The Kier molecular flexibility index (Phi) is 6.01. The molecule has 0 aliphatic carbocycles. The Bertz CT molecular complexity index is 412. The van der Waals surface area contributed by atoms with Crippen LogP contribution in [0.15, 0.2) is 6.07 Å². The number of hydrogen-bond acceptors (Lipinski definition) is 4. The number of rotatable bonds is 6. The number of carbonyl (C=O) groups is 1. The van der Waals surface area contributed by atoms with E-state index in [1.807, 2.05) is 6.92 Å². The van der Waals surface area contributed by atoms with Gasteiger partial charge < -0.3 is 10.1 Å². The molecule has 1 aromatic rings. The summed E-state index contributed by atoms with van der Waals surface area (Å²) in [6.45, 7) is 4.12. The van der Waals surface area contributed by atoms with Gasteiger partial charge >= 0.3 is 0 Å². The molecular formula is C12H18ClN3O2. The standard InChI is InChI=1S/C12H18ClN3O2/c1-4-11-10(5-8(2)15-16-11)12(17)14-9(6-13)7-18-3/h5,9H,4,6-7H2,1-3H3,(H,14,17). The van der Waals surface area contributed by atoms with E-state index < -0.39 is 0 Å². The van der Waals surface area contributed by atoms with Gasteiger partial charge in [0.25, 0.3) is 5.91 Å². The lowest BCUT2D eigenvalue weighted by atomic mass is 10.1. The maximum absolute atomic E-state index is 12.1. The minimum absolute atomic E-state index is 0.187. The van der Waals surface area contributed by atoms with E-state index in [2.05, 4.69) is 15.5 Å². The van der Waals surface area contributed by atoms with Crippen LogP contribution in [0.5, 0.6) is 0 Å². The Hall–Kier alpha value is -1.20. The van der Waals surface area contributed by atoms with Gasteiger partial charge in [0, 0.05) is 13.0 Å². The molecule has 0 aliphatic rings. The summed E-state index contributed by atoms with van der Waals surface area (Å²) in [5.74, 6) is 0.117. The quantitative estimate of drug-likeness (QED) is 0.793. The fraction of sp³-hybridized carbons (Fsp3) is 0.583. The molecule has 0 saturated heterocycles. The smallest absolute Gasteiger partial charge is 0.253 e. The Morgan fingerprint density at radius 3 is 2.83 bits per heavy atom. The molecule has 0 fully saturated rings.